The van der Waals surface area contributed by atoms with Crippen molar-refractivity contribution in [2.45, 2.75) is 57.3 Å². The molecule has 4 fully saturated rings. The highest BCUT2D eigenvalue weighted by atomic mass is 16.6. The van der Waals surface area contributed by atoms with Gasteiger partial charge in [0.15, 0.2) is 0 Å². The van der Waals surface area contributed by atoms with E-state index in [0.29, 0.717) is 18.4 Å². The molecule has 2 aliphatic carbocycles. The van der Waals surface area contributed by atoms with Crippen LogP contribution in [-0.2, 0) is 20.8 Å². The van der Waals surface area contributed by atoms with Gasteiger partial charge in [-0.3, -0.25) is 4.79 Å². The molecule has 5 heteroatoms. The quantitative estimate of drug-likeness (QED) is 0.562. The van der Waals surface area contributed by atoms with Gasteiger partial charge < -0.3 is 19.5 Å². The van der Waals surface area contributed by atoms with Crippen LogP contribution in [0.15, 0.2) is 30.3 Å². The summed E-state index contributed by atoms with van der Waals surface area (Å²) < 4.78 is 12.0. The van der Waals surface area contributed by atoms with Gasteiger partial charge >= 0.3 is 5.97 Å². The summed E-state index contributed by atoms with van der Waals surface area (Å²) in [5, 5.41) is 9.60. The molecule has 2 N–H and O–H groups in total. The zero-order valence-electron chi connectivity index (χ0n) is 17.4. The van der Waals surface area contributed by atoms with Gasteiger partial charge in [0, 0.05) is 11.5 Å². The molecule has 4 aliphatic rings. The SMILES string of the molecule is C[C@]12CCC[C@@]3(CO3)[C@@H]1C[C@H]1[C@@H](C2)OC(=O)[C@@H]1C[NH+](CCO)Cc1ccccc1. The van der Waals surface area contributed by atoms with E-state index in [2.05, 4.69) is 19.1 Å². The van der Waals surface area contributed by atoms with Gasteiger partial charge in [-0.2, -0.15) is 0 Å². The van der Waals surface area contributed by atoms with Crippen LogP contribution in [0.2, 0.25) is 0 Å². The molecule has 5 rings (SSSR count). The Balaban J connectivity index is 1.33. The fraction of sp³-hybridized carbons (Fsp3) is 0.708. The molecular formula is C24H34NO4+. The summed E-state index contributed by atoms with van der Waals surface area (Å²) in [6.07, 6.45) is 5.74. The number of nitrogens with one attached hydrogen (secondary N) is 1. The lowest BCUT2D eigenvalue weighted by Crippen LogP contribution is -3.12. The number of quaternary nitrogens is 1. The van der Waals surface area contributed by atoms with E-state index in [-0.39, 0.29) is 35.6 Å². The molecule has 2 heterocycles. The number of rotatable bonds is 6. The smallest absolute Gasteiger partial charge is 0.315 e. The first-order valence-electron chi connectivity index (χ1n) is 11.4. The van der Waals surface area contributed by atoms with E-state index in [1.54, 1.807) is 0 Å². The Morgan fingerprint density at radius 1 is 1.24 bits per heavy atom. The molecule has 2 saturated heterocycles. The van der Waals surface area contributed by atoms with Crippen molar-refractivity contribution in [3.8, 4) is 0 Å². The van der Waals surface area contributed by atoms with Crippen molar-refractivity contribution >= 4 is 5.97 Å². The van der Waals surface area contributed by atoms with Crippen LogP contribution in [0.5, 0.6) is 0 Å². The molecule has 0 radical (unpaired) electrons. The van der Waals surface area contributed by atoms with Gasteiger partial charge in [0.05, 0.1) is 25.4 Å². The first kappa shape index (κ1) is 19.5. The standard InChI is InChI=1S/C24H33NO4/c1-23-8-5-9-24(16-28-24)21(23)12-18-19(22(27)29-20(18)13-23)15-25(10-11-26)14-17-6-3-2-4-7-17/h2-4,6-7,18-21,26H,5,8-16H2,1H3/p+1/t18-,19-,20-,21-,23-,24-/m1/s1. The van der Waals surface area contributed by atoms with Crippen molar-refractivity contribution in [1.82, 2.24) is 0 Å². The molecule has 158 valence electrons. The fourth-order valence-electron chi connectivity index (χ4n) is 6.81. The summed E-state index contributed by atoms with van der Waals surface area (Å²) in [7, 11) is 0. The molecule has 2 aliphatic heterocycles. The lowest BCUT2D eigenvalue weighted by molar-refractivity contribution is -0.916. The number of carbonyl (C=O) groups is 1. The summed E-state index contributed by atoms with van der Waals surface area (Å²) >= 11 is 0. The normalized spacial score (nSPS) is 41.5. The molecule has 5 nitrogen and oxygen atoms in total. The average molecular weight is 401 g/mol. The Labute approximate surface area is 173 Å². The fourth-order valence-corrected chi connectivity index (χ4v) is 6.81. The van der Waals surface area contributed by atoms with E-state index in [0.717, 1.165) is 32.5 Å². The second-order valence-corrected chi connectivity index (χ2v) is 10.2. The molecular weight excluding hydrogens is 366 g/mol. The predicted octanol–water partition coefficient (Wildman–Crippen LogP) is 1.59. The van der Waals surface area contributed by atoms with Crippen molar-refractivity contribution in [3.05, 3.63) is 35.9 Å². The number of ether oxygens (including phenoxy) is 2. The van der Waals surface area contributed by atoms with Crippen molar-refractivity contribution in [1.29, 1.82) is 0 Å². The maximum absolute atomic E-state index is 12.9. The molecule has 1 aromatic carbocycles. The summed E-state index contributed by atoms with van der Waals surface area (Å²) in [4.78, 5) is 14.2. The van der Waals surface area contributed by atoms with Crippen molar-refractivity contribution in [3.63, 3.8) is 0 Å². The number of carbonyl (C=O) groups excluding carboxylic acids is 1. The lowest BCUT2D eigenvalue weighted by Gasteiger charge is -2.51. The van der Waals surface area contributed by atoms with E-state index in [4.69, 9.17) is 9.47 Å². The predicted molar refractivity (Wildman–Crippen MR) is 108 cm³/mol. The summed E-state index contributed by atoms with van der Waals surface area (Å²) in [6.45, 7) is 5.67. The van der Waals surface area contributed by atoms with Crippen LogP contribution in [-0.4, -0.2) is 49.1 Å². The van der Waals surface area contributed by atoms with Gasteiger partial charge in [-0.05, 0) is 43.4 Å². The van der Waals surface area contributed by atoms with Gasteiger partial charge in [-0.25, -0.2) is 0 Å². The van der Waals surface area contributed by atoms with Gasteiger partial charge in [-0.15, -0.1) is 0 Å². The Morgan fingerprint density at radius 2 is 2.03 bits per heavy atom. The average Bonchev–Trinajstić information content (AvgIpc) is 3.40. The van der Waals surface area contributed by atoms with Crippen LogP contribution in [0.4, 0.5) is 0 Å². The van der Waals surface area contributed by atoms with E-state index in [1.807, 2.05) is 18.2 Å². The maximum Gasteiger partial charge on any atom is 0.315 e. The largest absolute Gasteiger partial charge is 0.462 e. The van der Waals surface area contributed by atoms with Crippen LogP contribution in [0, 0.1) is 23.2 Å². The molecule has 1 unspecified atom stereocenters. The first-order chi connectivity index (χ1) is 14.0. The van der Waals surface area contributed by atoms with Gasteiger partial charge in [-0.1, -0.05) is 37.3 Å². The number of benzene rings is 1. The number of fused-ring (bicyclic) bond motifs is 3. The Hall–Kier alpha value is -1.43. The Kier molecular flexibility index (Phi) is 4.96. The third kappa shape index (κ3) is 3.51. The van der Waals surface area contributed by atoms with E-state index in [9.17, 15) is 9.90 Å². The highest BCUT2D eigenvalue weighted by molar-refractivity contribution is 5.75. The molecule has 1 spiro atoms. The van der Waals surface area contributed by atoms with Crippen LogP contribution in [0.25, 0.3) is 0 Å². The van der Waals surface area contributed by atoms with Crippen LogP contribution >= 0.6 is 0 Å². The number of esters is 1. The second kappa shape index (κ2) is 7.36. The molecule has 1 aromatic rings. The first-order valence-corrected chi connectivity index (χ1v) is 11.4. The van der Waals surface area contributed by atoms with Gasteiger partial charge in [0.2, 0.25) is 0 Å². The van der Waals surface area contributed by atoms with E-state index < -0.39 is 0 Å². The van der Waals surface area contributed by atoms with Crippen molar-refractivity contribution < 1.29 is 24.3 Å². The Morgan fingerprint density at radius 3 is 2.76 bits per heavy atom. The molecule has 2 saturated carbocycles. The second-order valence-electron chi connectivity index (χ2n) is 10.2. The minimum absolute atomic E-state index is 0.0171. The molecule has 0 aromatic heterocycles. The molecule has 0 bridgehead atoms. The summed E-state index contributed by atoms with van der Waals surface area (Å²) in [5.41, 5.74) is 1.58. The Bertz CT molecular complexity index is 749. The third-order valence-electron chi connectivity index (χ3n) is 8.35. The lowest BCUT2D eigenvalue weighted by atomic mass is 9.53. The maximum atomic E-state index is 12.9. The number of aliphatic hydroxyl groups excluding tert-OH is 1. The highest BCUT2D eigenvalue weighted by Gasteiger charge is 2.65. The topological polar surface area (TPSA) is 63.5 Å². The zero-order valence-corrected chi connectivity index (χ0v) is 17.4. The van der Waals surface area contributed by atoms with Crippen molar-refractivity contribution in [2.75, 3.05) is 26.3 Å². The van der Waals surface area contributed by atoms with E-state index >= 15 is 0 Å². The minimum Gasteiger partial charge on any atom is -0.462 e. The van der Waals surface area contributed by atoms with Crippen LogP contribution < -0.4 is 4.90 Å². The molecule has 29 heavy (non-hydrogen) atoms. The summed E-state index contributed by atoms with van der Waals surface area (Å²) in [6, 6.07) is 10.4. The monoisotopic (exact) mass is 400 g/mol. The third-order valence-corrected chi connectivity index (χ3v) is 8.35. The summed E-state index contributed by atoms with van der Waals surface area (Å²) in [5.74, 6) is 0.769. The van der Waals surface area contributed by atoms with Gasteiger partial charge in [0.25, 0.3) is 0 Å². The number of hydrogen-bond donors (Lipinski definition) is 2. The molecule has 0 amide bonds. The van der Waals surface area contributed by atoms with Crippen LogP contribution in [0.1, 0.15) is 44.6 Å². The number of aliphatic hydroxyl groups is 1. The van der Waals surface area contributed by atoms with Crippen molar-refractivity contribution in [2.24, 2.45) is 23.2 Å². The number of epoxide rings is 1. The van der Waals surface area contributed by atoms with Gasteiger partial charge in [0.1, 0.15) is 25.1 Å². The van der Waals surface area contributed by atoms with Crippen LogP contribution in [0.3, 0.4) is 0 Å². The highest BCUT2D eigenvalue weighted by Crippen LogP contribution is 2.62. The molecule has 7 atom stereocenters. The minimum atomic E-state index is -0.0625. The van der Waals surface area contributed by atoms with E-state index in [1.165, 1.54) is 29.7 Å². The zero-order chi connectivity index (χ0) is 20.1. The number of hydrogen-bond acceptors (Lipinski definition) is 4.